The van der Waals surface area contributed by atoms with Gasteiger partial charge in [0, 0.05) is 5.88 Å². The van der Waals surface area contributed by atoms with Crippen LogP contribution in [0.3, 0.4) is 0 Å². The maximum atomic E-state index is 5.49. The lowest BCUT2D eigenvalue weighted by Crippen LogP contribution is -2.08. The molecule has 0 aromatic carbocycles. The SMILES string of the molecule is ClCC(Cl)C(Cl)Br. The van der Waals surface area contributed by atoms with Crippen LogP contribution in [-0.2, 0) is 0 Å². The van der Waals surface area contributed by atoms with E-state index in [1.165, 1.54) is 0 Å². The highest BCUT2D eigenvalue weighted by Gasteiger charge is 2.09. The maximum absolute atomic E-state index is 5.49. The van der Waals surface area contributed by atoms with E-state index in [1.54, 1.807) is 0 Å². The van der Waals surface area contributed by atoms with Crippen molar-refractivity contribution in [2.45, 2.75) is 9.66 Å². The Kier molecular flexibility index (Phi) is 5.07. The molecular weight excluding hydrogens is 222 g/mol. The van der Waals surface area contributed by atoms with Crippen molar-refractivity contribution in [3.05, 3.63) is 0 Å². The van der Waals surface area contributed by atoms with E-state index in [-0.39, 0.29) is 9.66 Å². The molecule has 0 aromatic rings. The quantitative estimate of drug-likeness (QED) is 0.635. The molecule has 0 aliphatic carbocycles. The van der Waals surface area contributed by atoms with Crippen molar-refractivity contribution < 1.29 is 0 Å². The number of halogens is 4. The van der Waals surface area contributed by atoms with E-state index >= 15 is 0 Å². The van der Waals surface area contributed by atoms with Crippen molar-refractivity contribution in [3.63, 3.8) is 0 Å². The van der Waals surface area contributed by atoms with Gasteiger partial charge in [0.15, 0.2) is 0 Å². The fourth-order valence-corrected chi connectivity index (χ4v) is 0.828. The molecule has 0 heterocycles. The molecule has 2 atom stereocenters. The molecule has 0 saturated heterocycles. The van der Waals surface area contributed by atoms with Gasteiger partial charge in [0.25, 0.3) is 0 Å². The molecule has 0 radical (unpaired) electrons. The Balaban J connectivity index is 3.14. The van der Waals surface area contributed by atoms with Gasteiger partial charge >= 0.3 is 0 Å². The van der Waals surface area contributed by atoms with Gasteiger partial charge in [0.1, 0.15) is 4.29 Å². The minimum Gasteiger partial charge on any atom is -0.125 e. The molecule has 0 aliphatic rings. The number of rotatable bonds is 2. The zero-order valence-electron chi connectivity index (χ0n) is 3.37. The molecule has 4 heteroatoms. The van der Waals surface area contributed by atoms with Gasteiger partial charge in [-0.15, -0.1) is 34.8 Å². The van der Waals surface area contributed by atoms with Crippen molar-refractivity contribution >= 4 is 50.7 Å². The van der Waals surface area contributed by atoms with Crippen LogP contribution in [0.15, 0.2) is 0 Å². The molecule has 0 spiro atoms. The summed E-state index contributed by atoms with van der Waals surface area (Å²) >= 11 is 19.3. The molecule has 0 bridgehead atoms. The molecule has 0 aliphatic heterocycles. The fourth-order valence-electron chi connectivity index (χ4n) is 0.0673. The van der Waals surface area contributed by atoms with Gasteiger partial charge in [-0.3, -0.25) is 0 Å². The van der Waals surface area contributed by atoms with Crippen LogP contribution in [0.25, 0.3) is 0 Å². The van der Waals surface area contributed by atoms with Crippen molar-refractivity contribution in [2.24, 2.45) is 0 Å². The van der Waals surface area contributed by atoms with Crippen molar-refractivity contribution in [3.8, 4) is 0 Å². The van der Waals surface area contributed by atoms with Crippen LogP contribution in [0.5, 0.6) is 0 Å². The Morgan fingerprint density at radius 1 is 1.43 bits per heavy atom. The predicted molar refractivity (Wildman–Crippen MR) is 38.9 cm³/mol. The van der Waals surface area contributed by atoms with Crippen LogP contribution in [0.4, 0.5) is 0 Å². The highest BCUT2D eigenvalue weighted by molar-refractivity contribution is 9.10. The largest absolute Gasteiger partial charge is 0.125 e. The topological polar surface area (TPSA) is 0 Å². The third-order valence-corrected chi connectivity index (χ3v) is 2.69. The molecule has 7 heavy (non-hydrogen) atoms. The third kappa shape index (κ3) is 3.89. The first-order valence-corrected chi connectivity index (χ1v) is 3.99. The van der Waals surface area contributed by atoms with E-state index in [2.05, 4.69) is 15.9 Å². The lowest BCUT2D eigenvalue weighted by atomic mass is 10.6. The van der Waals surface area contributed by atoms with Gasteiger partial charge in [-0.25, -0.2) is 0 Å². The van der Waals surface area contributed by atoms with E-state index in [4.69, 9.17) is 34.8 Å². The van der Waals surface area contributed by atoms with Gasteiger partial charge in [-0.1, -0.05) is 15.9 Å². The Labute approximate surface area is 66.2 Å². The molecule has 44 valence electrons. The summed E-state index contributed by atoms with van der Waals surface area (Å²) in [6.45, 7) is 0. The summed E-state index contributed by atoms with van der Waals surface area (Å²) in [5.74, 6) is 0.376. The molecule has 0 N–H and O–H groups in total. The summed E-state index contributed by atoms with van der Waals surface area (Å²) in [4.78, 5) is 0. The van der Waals surface area contributed by atoms with Crippen LogP contribution in [0.2, 0.25) is 0 Å². The molecule has 0 nitrogen and oxygen atoms in total. The van der Waals surface area contributed by atoms with E-state index in [0.29, 0.717) is 5.88 Å². The van der Waals surface area contributed by atoms with E-state index in [1.807, 2.05) is 0 Å². The zero-order chi connectivity index (χ0) is 5.86. The summed E-state index contributed by atoms with van der Waals surface area (Å²) in [5.41, 5.74) is 0. The Bertz CT molecular complexity index is 47.4. The molecule has 0 aromatic heterocycles. The van der Waals surface area contributed by atoms with Gasteiger partial charge in [0.2, 0.25) is 0 Å². The van der Waals surface area contributed by atoms with E-state index in [0.717, 1.165) is 0 Å². The summed E-state index contributed by atoms with van der Waals surface area (Å²) < 4.78 is -0.216. The standard InChI is InChI=1S/C3H4BrCl3/c4-3(7)2(6)1-5/h2-3H,1H2. The molecule has 0 saturated carbocycles. The second-order valence-corrected chi connectivity index (χ2v) is 3.86. The van der Waals surface area contributed by atoms with Crippen LogP contribution in [0, 0.1) is 0 Å². The molecule has 2 unspecified atom stereocenters. The smallest absolute Gasteiger partial charge is 0.106 e. The van der Waals surface area contributed by atoms with Crippen molar-refractivity contribution in [2.75, 3.05) is 5.88 Å². The second kappa shape index (κ2) is 4.25. The van der Waals surface area contributed by atoms with E-state index in [9.17, 15) is 0 Å². The predicted octanol–water partition coefficient (Wildman–Crippen LogP) is 2.79. The van der Waals surface area contributed by atoms with E-state index < -0.39 is 0 Å². The maximum Gasteiger partial charge on any atom is 0.106 e. The fraction of sp³-hybridized carbons (Fsp3) is 1.00. The normalized spacial score (nSPS) is 18.9. The van der Waals surface area contributed by atoms with Crippen LogP contribution in [0.1, 0.15) is 0 Å². The summed E-state index contributed by atoms with van der Waals surface area (Å²) in [6, 6.07) is 0. The van der Waals surface area contributed by atoms with Gasteiger partial charge in [0.05, 0.1) is 5.38 Å². The Morgan fingerprint density at radius 3 is 1.86 bits per heavy atom. The third-order valence-electron chi connectivity index (χ3n) is 0.421. The first-order valence-electron chi connectivity index (χ1n) is 1.66. The molecule has 0 amide bonds. The monoisotopic (exact) mass is 224 g/mol. The zero-order valence-corrected chi connectivity index (χ0v) is 7.23. The number of hydrogen-bond donors (Lipinski definition) is 0. The summed E-state index contributed by atoms with van der Waals surface area (Å²) in [6.07, 6.45) is 0. The number of alkyl halides is 4. The Hall–Kier alpha value is 1.35. The van der Waals surface area contributed by atoms with Crippen molar-refractivity contribution in [1.82, 2.24) is 0 Å². The van der Waals surface area contributed by atoms with Gasteiger partial charge < -0.3 is 0 Å². The van der Waals surface area contributed by atoms with Crippen molar-refractivity contribution in [1.29, 1.82) is 0 Å². The highest BCUT2D eigenvalue weighted by atomic mass is 79.9. The van der Waals surface area contributed by atoms with Crippen LogP contribution >= 0.6 is 50.7 Å². The lowest BCUT2D eigenvalue weighted by Gasteiger charge is -2.02. The first kappa shape index (κ1) is 8.35. The minimum absolute atomic E-state index is 0.177. The average Bonchev–Trinajstić information content (AvgIpc) is 1.65. The number of hydrogen-bond acceptors (Lipinski definition) is 0. The Morgan fingerprint density at radius 2 is 1.86 bits per heavy atom. The van der Waals surface area contributed by atoms with Gasteiger partial charge in [-0.2, -0.15) is 0 Å². The lowest BCUT2D eigenvalue weighted by molar-refractivity contribution is 1.08. The first-order chi connectivity index (χ1) is 3.18. The molecular formula is C3H4BrCl3. The minimum atomic E-state index is -0.216. The molecule has 0 fully saturated rings. The molecule has 0 rings (SSSR count). The summed E-state index contributed by atoms with van der Waals surface area (Å²) in [5, 5.41) is -0.177. The van der Waals surface area contributed by atoms with Crippen LogP contribution in [-0.4, -0.2) is 15.5 Å². The second-order valence-electron chi connectivity index (χ2n) is 1.00. The van der Waals surface area contributed by atoms with Crippen LogP contribution < -0.4 is 0 Å². The highest BCUT2D eigenvalue weighted by Crippen LogP contribution is 2.16. The summed E-state index contributed by atoms with van der Waals surface area (Å²) in [7, 11) is 0. The van der Waals surface area contributed by atoms with Gasteiger partial charge in [-0.05, 0) is 0 Å². The average molecular weight is 226 g/mol.